The fraction of sp³-hybridized carbons (Fsp3) is 0.588. The predicted molar refractivity (Wildman–Crippen MR) is 93.6 cm³/mol. The van der Waals surface area contributed by atoms with E-state index in [-0.39, 0.29) is 0 Å². The highest BCUT2D eigenvalue weighted by molar-refractivity contribution is 5.77. The normalized spacial score (nSPS) is 13.2. The molecular weight excluding hydrogens is 276 g/mol. The maximum atomic E-state index is 5.92. The lowest BCUT2D eigenvalue weighted by Gasteiger charge is -2.24. The van der Waals surface area contributed by atoms with Crippen molar-refractivity contribution in [3.8, 4) is 5.75 Å². The van der Waals surface area contributed by atoms with Crippen molar-refractivity contribution < 1.29 is 4.74 Å². The average Bonchev–Trinajstić information content (AvgIpc) is 2.54. The zero-order valence-corrected chi connectivity index (χ0v) is 14.3. The molecular formula is C17H30N4O. The van der Waals surface area contributed by atoms with Gasteiger partial charge in [0.1, 0.15) is 5.75 Å². The molecule has 5 nitrogen and oxygen atoms in total. The van der Waals surface area contributed by atoms with Gasteiger partial charge in [0.2, 0.25) is 0 Å². The number of nitrogens with two attached hydrogens (primary N) is 1. The van der Waals surface area contributed by atoms with E-state index < -0.39 is 0 Å². The molecule has 0 aliphatic carbocycles. The summed E-state index contributed by atoms with van der Waals surface area (Å²) in [5.74, 6) is 1.40. The highest BCUT2D eigenvalue weighted by Crippen LogP contribution is 2.11. The van der Waals surface area contributed by atoms with Crippen molar-refractivity contribution in [3.05, 3.63) is 29.8 Å². The van der Waals surface area contributed by atoms with Crippen LogP contribution in [0.15, 0.2) is 29.3 Å². The van der Waals surface area contributed by atoms with Crippen molar-refractivity contribution in [2.24, 2.45) is 10.7 Å². The smallest absolute Gasteiger partial charge is 0.188 e. The van der Waals surface area contributed by atoms with Gasteiger partial charge in [0, 0.05) is 12.6 Å². The minimum Gasteiger partial charge on any atom is -0.497 e. The van der Waals surface area contributed by atoms with Gasteiger partial charge in [-0.2, -0.15) is 0 Å². The number of hydrogen-bond donors (Lipinski definition) is 2. The van der Waals surface area contributed by atoms with Crippen molar-refractivity contribution in [2.45, 2.75) is 33.2 Å². The topological polar surface area (TPSA) is 62.9 Å². The summed E-state index contributed by atoms with van der Waals surface area (Å²) in [5, 5.41) is 3.17. The molecule has 0 radical (unpaired) electrons. The maximum absolute atomic E-state index is 5.92. The average molecular weight is 306 g/mol. The van der Waals surface area contributed by atoms with Crippen LogP contribution in [0.1, 0.15) is 26.3 Å². The molecule has 0 saturated heterocycles. The fourth-order valence-electron chi connectivity index (χ4n) is 2.38. The molecule has 1 aromatic rings. The van der Waals surface area contributed by atoms with E-state index in [4.69, 9.17) is 10.5 Å². The zero-order chi connectivity index (χ0) is 16.4. The second kappa shape index (κ2) is 10.1. The van der Waals surface area contributed by atoms with E-state index in [1.807, 2.05) is 12.1 Å². The van der Waals surface area contributed by atoms with E-state index in [1.54, 1.807) is 7.11 Å². The number of nitrogens with one attached hydrogen (secondary N) is 1. The highest BCUT2D eigenvalue weighted by Gasteiger charge is 2.08. The number of hydrogen-bond acceptors (Lipinski definition) is 3. The van der Waals surface area contributed by atoms with E-state index in [0.717, 1.165) is 38.3 Å². The van der Waals surface area contributed by atoms with Crippen LogP contribution in [0.3, 0.4) is 0 Å². The summed E-state index contributed by atoms with van der Waals surface area (Å²) in [6, 6.07) is 8.49. The Labute approximate surface area is 134 Å². The molecule has 3 N–H and O–H groups in total. The van der Waals surface area contributed by atoms with Crippen molar-refractivity contribution in [3.63, 3.8) is 0 Å². The number of ether oxygens (including phenoxy) is 1. The van der Waals surface area contributed by atoms with Crippen LogP contribution < -0.4 is 15.8 Å². The number of likely N-dealkylation sites (N-methyl/N-ethyl adjacent to an activating group) is 1. The van der Waals surface area contributed by atoms with Crippen molar-refractivity contribution in [1.29, 1.82) is 0 Å². The molecule has 0 aliphatic rings. The van der Waals surface area contributed by atoms with Gasteiger partial charge < -0.3 is 15.8 Å². The molecule has 0 bridgehead atoms. The monoisotopic (exact) mass is 306 g/mol. The molecule has 1 rings (SSSR count). The Bertz CT molecular complexity index is 440. The van der Waals surface area contributed by atoms with Gasteiger partial charge in [-0.15, -0.1) is 0 Å². The largest absolute Gasteiger partial charge is 0.497 e. The van der Waals surface area contributed by atoms with Gasteiger partial charge in [-0.25, -0.2) is 0 Å². The molecule has 0 amide bonds. The molecule has 1 aromatic carbocycles. The lowest BCUT2D eigenvalue weighted by molar-refractivity contribution is 0.237. The van der Waals surface area contributed by atoms with Gasteiger partial charge in [0.15, 0.2) is 5.96 Å². The lowest BCUT2D eigenvalue weighted by atomic mass is 10.1. The molecule has 1 atom stereocenters. The second-order valence-corrected chi connectivity index (χ2v) is 5.32. The van der Waals surface area contributed by atoms with Crippen LogP contribution in [-0.2, 0) is 6.42 Å². The first-order chi connectivity index (χ1) is 10.6. The van der Waals surface area contributed by atoms with Gasteiger partial charge >= 0.3 is 0 Å². The number of nitrogens with zero attached hydrogens (tertiary/aromatic N) is 2. The van der Waals surface area contributed by atoms with E-state index in [9.17, 15) is 0 Å². The first kappa shape index (κ1) is 18.3. The highest BCUT2D eigenvalue weighted by atomic mass is 16.5. The number of rotatable bonds is 9. The van der Waals surface area contributed by atoms with Crippen LogP contribution in [0, 0.1) is 0 Å². The molecule has 124 valence electrons. The molecule has 22 heavy (non-hydrogen) atoms. The van der Waals surface area contributed by atoms with Crippen LogP contribution >= 0.6 is 0 Å². The van der Waals surface area contributed by atoms with Crippen molar-refractivity contribution in [1.82, 2.24) is 10.2 Å². The van der Waals surface area contributed by atoms with Crippen LogP contribution in [0.2, 0.25) is 0 Å². The van der Waals surface area contributed by atoms with E-state index >= 15 is 0 Å². The number of aliphatic imine (C=N–C) groups is 1. The lowest BCUT2D eigenvalue weighted by Crippen LogP contribution is -2.38. The summed E-state index contributed by atoms with van der Waals surface area (Å²) < 4.78 is 5.15. The number of methoxy groups -OCH3 is 1. The quantitative estimate of drug-likeness (QED) is 0.540. The summed E-state index contributed by atoms with van der Waals surface area (Å²) in [6.45, 7) is 10.1. The standard InChI is InChI=1S/C17H30N4O/c1-5-21(6-2)14(3)13-20-17(18)19-12-11-15-7-9-16(22-4)10-8-15/h7-10,14H,5-6,11-13H2,1-4H3,(H3,18,19,20). The van der Waals surface area contributed by atoms with Gasteiger partial charge in [0.25, 0.3) is 0 Å². The van der Waals surface area contributed by atoms with Gasteiger partial charge in [-0.3, -0.25) is 9.89 Å². The van der Waals surface area contributed by atoms with Crippen LogP contribution in [-0.4, -0.2) is 50.2 Å². The Balaban J connectivity index is 2.32. The summed E-state index contributed by atoms with van der Waals surface area (Å²) in [6.07, 6.45) is 0.909. The molecule has 0 aromatic heterocycles. The third-order valence-corrected chi connectivity index (χ3v) is 3.84. The third-order valence-electron chi connectivity index (χ3n) is 3.84. The minimum atomic E-state index is 0.414. The SMILES string of the molecule is CCN(CC)C(C)CN=C(N)NCCc1ccc(OC)cc1. The molecule has 1 unspecified atom stereocenters. The van der Waals surface area contributed by atoms with E-state index in [2.05, 4.69) is 48.1 Å². The number of guanidine groups is 1. The zero-order valence-electron chi connectivity index (χ0n) is 14.3. The Morgan fingerprint density at radius 3 is 2.45 bits per heavy atom. The molecule has 0 saturated carbocycles. The summed E-state index contributed by atoms with van der Waals surface area (Å²) in [5.41, 5.74) is 7.16. The van der Waals surface area contributed by atoms with E-state index in [1.165, 1.54) is 5.56 Å². The summed E-state index contributed by atoms with van der Waals surface area (Å²) >= 11 is 0. The Kier molecular flexibility index (Phi) is 8.36. The predicted octanol–water partition coefficient (Wildman–Crippen LogP) is 1.87. The van der Waals surface area contributed by atoms with Gasteiger partial charge in [-0.05, 0) is 44.1 Å². The number of benzene rings is 1. The van der Waals surface area contributed by atoms with Crippen LogP contribution in [0.4, 0.5) is 0 Å². The van der Waals surface area contributed by atoms with Gasteiger partial charge in [0.05, 0.1) is 13.7 Å². The van der Waals surface area contributed by atoms with Gasteiger partial charge in [-0.1, -0.05) is 26.0 Å². The molecule has 5 heteroatoms. The van der Waals surface area contributed by atoms with Crippen molar-refractivity contribution >= 4 is 5.96 Å². The van der Waals surface area contributed by atoms with Crippen LogP contribution in [0.25, 0.3) is 0 Å². The second-order valence-electron chi connectivity index (χ2n) is 5.32. The van der Waals surface area contributed by atoms with E-state index in [0.29, 0.717) is 12.0 Å². The molecule has 0 aliphatic heterocycles. The first-order valence-corrected chi connectivity index (χ1v) is 8.01. The molecule has 0 fully saturated rings. The maximum Gasteiger partial charge on any atom is 0.188 e. The summed E-state index contributed by atoms with van der Waals surface area (Å²) in [7, 11) is 1.67. The van der Waals surface area contributed by atoms with Crippen molar-refractivity contribution in [2.75, 3.05) is 33.3 Å². The Hall–Kier alpha value is -1.75. The minimum absolute atomic E-state index is 0.414. The fourth-order valence-corrected chi connectivity index (χ4v) is 2.38. The first-order valence-electron chi connectivity index (χ1n) is 8.01. The Morgan fingerprint density at radius 1 is 1.27 bits per heavy atom. The summed E-state index contributed by atoms with van der Waals surface area (Å²) in [4.78, 5) is 6.79. The third kappa shape index (κ3) is 6.35. The molecule has 0 heterocycles. The molecule has 0 spiro atoms. The Morgan fingerprint density at radius 2 is 1.91 bits per heavy atom. The van der Waals surface area contributed by atoms with Crippen LogP contribution in [0.5, 0.6) is 5.75 Å².